The Bertz CT molecular complexity index is 983. The van der Waals surface area contributed by atoms with Crippen molar-refractivity contribution < 1.29 is 23.5 Å². The molecule has 0 atom stereocenters. The van der Waals surface area contributed by atoms with E-state index in [1.54, 1.807) is 12.1 Å². The van der Waals surface area contributed by atoms with Gasteiger partial charge in [0.05, 0.1) is 18.6 Å². The van der Waals surface area contributed by atoms with E-state index in [9.17, 15) is 14.4 Å². The Morgan fingerprint density at radius 1 is 1.29 bits per heavy atom. The van der Waals surface area contributed by atoms with Crippen molar-refractivity contribution in [1.82, 2.24) is 9.47 Å². The molecule has 0 bridgehead atoms. The van der Waals surface area contributed by atoms with Crippen LogP contribution in [0.4, 0.5) is 4.79 Å². The molecule has 8 heteroatoms. The highest BCUT2D eigenvalue weighted by Gasteiger charge is 2.36. The molecule has 3 rings (SSSR count). The molecule has 2 aromatic heterocycles. The van der Waals surface area contributed by atoms with Crippen molar-refractivity contribution in [2.24, 2.45) is 0 Å². The Labute approximate surface area is 167 Å². The molecule has 7 nitrogen and oxygen atoms in total. The molecule has 0 N–H and O–H groups in total. The first-order chi connectivity index (χ1) is 13.2. The van der Waals surface area contributed by atoms with Crippen LogP contribution >= 0.6 is 11.8 Å². The molecule has 0 spiro atoms. The van der Waals surface area contributed by atoms with E-state index < -0.39 is 5.97 Å². The zero-order valence-corrected chi connectivity index (χ0v) is 17.3. The number of aromatic nitrogens is 1. The summed E-state index contributed by atoms with van der Waals surface area (Å²) in [5.41, 5.74) is 3.07. The summed E-state index contributed by atoms with van der Waals surface area (Å²) in [6, 6.07) is 5.32. The Hall–Kier alpha value is -2.74. The van der Waals surface area contributed by atoms with Crippen LogP contribution in [0.1, 0.15) is 53.2 Å². The lowest BCUT2D eigenvalue weighted by molar-refractivity contribution is -0.123. The number of carbonyl (C=O) groups excluding carboxylic acids is 3. The minimum Gasteiger partial charge on any atom is -0.463 e. The fraction of sp³-hybridized carbons (Fsp3) is 0.350. The highest BCUT2D eigenvalue weighted by Crippen LogP contribution is 2.34. The van der Waals surface area contributed by atoms with E-state index in [4.69, 9.17) is 4.42 Å². The number of rotatable bonds is 5. The lowest BCUT2D eigenvalue weighted by Crippen LogP contribution is -2.27. The number of hydrogen-bond acceptors (Lipinski definition) is 6. The van der Waals surface area contributed by atoms with Gasteiger partial charge in [-0.05, 0) is 69.3 Å². The van der Waals surface area contributed by atoms with E-state index in [1.165, 1.54) is 13.2 Å². The molecular formula is C20H22N2O5S. The van der Waals surface area contributed by atoms with Crippen LogP contribution in [0.15, 0.2) is 27.5 Å². The molecule has 2 aromatic rings. The van der Waals surface area contributed by atoms with Gasteiger partial charge in [0.1, 0.15) is 5.76 Å². The summed E-state index contributed by atoms with van der Waals surface area (Å²) >= 11 is 0.902. The number of thioether (sulfide) groups is 1. The third kappa shape index (κ3) is 3.64. The maximum atomic E-state index is 12.7. The molecule has 0 aromatic carbocycles. The summed E-state index contributed by atoms with van der Waals surface area (Å²) < 4.78 is 12.1. The highest BCUT2D eigenvalue weighted by molar-refractivity contribution is 8.18. The first-order valence-electron chi connectivity index (χ1n) is 8.83. The fourth-order valence-electron chi connectivity index (χ4n) is 3.35. The normalized spacial score (nSPS) is 15.9. The average molecular weight is 402 g/mol. The number of esters is 1. The summed E-state index contributed by atoms with van der Waals surface area (Å²) in [4.78, 5) is 38.0. The first kappa shape index (κ1) is 20.0. The van der Waals surface area contributed by atoms with Crippen molar-refractivity contribution in [1.29, 1.82) is 0 Å². The van der Waals surface area contributed by atoms with E-state index in [0.29, 0.717) is 16.7 Å². The van der Waals surface area contributed by atoms with Gasteiger partial charge in [0.2, 0.25) is 5.76 Å². The molecule has 2 amide bonds. The Kier molecular flexibility index (Phi) is 5.51. The summed E-state index contributed by atoms with van der Waals surface area (Å²) in [5.74, 6) is -0.621. The fourth-order valence-corrected chi connectivity index (χ4v) is 4.18. The molecule has 1 fully saturated rings. The van der Waals surface area contributed by atoms with Gasteiger partial charge in [0.15, 0.2) is 0 Å². The van der Waals surface area contributed by atoms with Crippen LogP contribution in [-0.4, -0.2) is 33.7 Å². The van der Waals surface area contributed by atoms with Crippen LogP contribution < -0.4 is 0 Å². The van der Waals surface area contributed by atoms with Crippen LogP contribution in [0.5, 0.6) is 0 Å². The van der Waals surface area contributed by atoms with E-state index >= 15 is 0 Å². The van der Waals surface area contributed by atoms with Gasteiger partial charge in [-0.1, -0.05) is 0 Å². The smallest absolute Gasteiger partial charge is 0.373 e. The molecular weight excluding hydrogens is 380 g/mol. The molecule has 1 aliphatic rings. The van der Waals surface area contributed by atoms with Gasteiger partial charge >= 0.3 is 5.97 Å². The van der Waals surface area contributed by atoms with Gasteiger partial charge in [-0.2, -0.15) is 0 Å². The maximum absolute atomic E-state index is 12.7. The Balaban J connectivity index is 1.82. The highest BCUT2D eigenvalue weighted by atomic mass is 32.2. The van der Waals surface area contributed by atoms with Crippen LogP contribution in [0, 0.1) is 13.8 Å². The summed E-state index contributed by atoms with van der Waals surface area (Å²) in [6.07, 6.45) is 1.76. The lowest BCUT2D eigenvalue weighted by Gasteiger charge is -2.13. The molecule has 148 valence electrons. The molecule has 1 saturated heterocycles. The second kappa shape index (κ2) is 7.71. The van der Waals surface area contributed by atoms with E-state index in [1.807, 2.05) is 19.9 Å². The van der Waals surface area contributed by atoms with Crippen LogP contribution in [-0.2, 0) is 16.1 Å². The third-order valence-corrected chi connectivity index (χ3v) is 5.47. The second-order valence-electron chi connectivity index (χ2n) is 6.82. The van der Waals surface area contributed by atoms with Gasteiger partial charge < -0.3 is 13.7 Å². The zero-order chi connectivity index (χ0) is 20.6. The van der Waals surface area contributed by atoms with Crippen LogP contribution in [0.2, 0.25) is 0 Å². The maximum Gasteiger partial charge on any atom is 0.373 e. The van der Waals surface area contributed by atoms with Crippen LogP contribution in [0.25, 0.3) is 6.08 Å². The van der Waals surface area contributed by atoms with E-state index in [0.717, 1.165) is 33.6 Å². The number of nitrogens with zero attached hydrogens (tertiary/aromatic N) is 2. The zero-order valence-electron chi connectivity index (χ0n) is 16.4. The minimum atomic E-state index is -0.610. The molecule has 0 aliphatic carbocycles. The molecule has 28 heavy (non-hydrogen) atoms. The van der Waals surface area contributed by atoms with Crippen molar-refractivity contribution in [3.63, 3.8) is 0 Å². The van der Waals surface area contributed by atoms with Crippen molar-refractivity contribution in [3.8, 4) is 0 Å². The predicted octanol–water partition coefficient (Wildman–Crippen LogP) is 4.30. The number of aryl methyl sites for hydroxylation is 1. The van der Waals surface area contributed by atoms with E-state index in [-0.39, 0.29) is 23.5 Å². The average Bonchev–Trinajstić information content (AvgIpc) is 3.28. The topological polar surface area (TPSA) is 81.8 Å². The molecule has 0 radical (unpaired) electrons. The SMILES string of the molecule is COC(=O)c1ccc(CN2C(=O)S/C(=C/c3cc(C)n(C(C)C)c3C)C2=O)o1. The number of ether oxygens (including phenoxy) is 1. The number of carbonyl (C=O) groups is 3. The first-order valence-corrected chi connectivity index (χ1v) is 9.65. The van der Waals surface area contributed by atoms with Gasteiger partial charge in [-0.3, -0.25) is 14.5 Å². The summed E-state index contributed by atoms with van der Waals surface area (Å²) in [5, 5.41) is -0.370. The quantitative estimate of drug-likeness (QED) is 0.548. The summed E-state index contributed by atoms with van der Waals surface area (Å²) in [7, 11) is 1.25. The van der Waals surface area contributed by atoms with Gasteiger partial charge in [-0.15, -0.1) is 0 Å². The Morgan fingerprint density at radius 2 is 2.00 bits per heavy atom. The lowest BCUT2D eigenvalue weighted by atomic mass is 10.2. The van der Waals surface area contributed by atoms with Gasteiger partial charge in [0, 0.05) is 17.4 Å². The van der Waals surface area contributed by atoms with Crippen molar-refractivity contribution >= 4 is 35.0 Å². The third-order valence-electron chi connectivity index (χ3n) is 4.56. The molecule has 0 saturated carbocycles. The molecule has 3 heterocycles. The van der Waals surface area contributed by atoms with Gasteiger partial charge in [0.25, 0.3) is 11.1 Å². The van der Waals surface area contributed by atoms with Crippen molar-refractivity contribution in [2.75, 3.05) is 7.11 Å². The standard InChI is InChI=1S/C20H22N2O5S/c1-11(2)22-12(3)8-14(13(22)4)9-17-18(23)21(20(25)28-17)10-15-6-7-16(27-15)19(24)26-5/h6-9,11H,10H2,1-5H3/b17-9+. The second-order valence-corrected chi connectivity index (χ2v) is 7.81. The largest absolute Gasteiger partial charge is 0.463 e. The minimum absolute atomic E-state index is 0.0288. The number of hydrogen-bond donors (Lipinski definition) is 0. The molecule has 0 unspecified atom stereocenters. The van der Waals surface area contributed by atoms with Crippen molar-refractivity contribution in [3.05, 3.63) is 51.6 Å². The van der Waals surface area contributed by atoms with Crippen molar-refractivity contribution in [2.45, 2.75) is 40.3 Å². The van der Waals surface area contributed by atoms with Crippen LogP contribution in [0.3, 0.4) is 0 Å². The summed E-state index contributed by atoms with van der Waals surface area (Å²) in [6.45, 7) is 8.18. The molecule has 1 aliphatic heterocycles. The number of amides is 2. The van der Waals surface area contributed by atoms with Gasteiger partial charge in [-0.25, -0.2) is 4.79 Å². The number of methoxy groups -OCH3 is 1. The number of furan rings is 1. The Morgan fingerprint density at radius 3 is 2.61 bits per heavy atom. The number of imide groups is 1. The van der Waals surface area contributed by atoms with E-state index in [2.05, 4.69) is 23.2 Å². The predicted molar refractivity (Wildman–Crippen MR) is 106 cm³/mol. The monoisotopic (exact) mass is 402 g/mol.